The van der Waals surface area contributed by atoms with Crippen molar-refractivity contribution in [3.05, 3.63) is 42.2 Å². The molecule has 0 saturated carbocycles. The summed E-state index contributed by atoms with van der Waals surface area (Å²) in [6.07, 6.45) is 0. The third-order valence-electron chi connectivity index (χ3n) is 2.61. The first-order chi connectivity index (χ1) is 9.80. The molecule has 112 valence electrons. The third kappa shape index (κ3) is 3.46. The van der Waals surface area contributed by atoms with Crippen molar-refractivity contribution in [1.29, 1.82) is 0 Å². The number of aromatic carboxylic acids is 1. The molecule has 6 nitrogen and oxygen atoms in total. The summed E-state index contributed by atoms with van der Waals surface area (Å²) < 4.78 is 30.1. The monoisotopic (exact) mass is 327 g/mol. The van der Waals surface area contributed by atoms with E-state index in [0.717, 1.165) is 9.20 Å². The van der Waals surface area contributed by atoms with Crippen LogP contribution in [0.1, 0.15) is 10.6 Å². The topological polar surface area (TPSA) is 87.8 Å². The second-order valence-electron chi connectivity index (χ2n) is 4.28. The van der Waals surface area contributed by atoms with E-state index in [0.29, 0.717) is 5.09 Å². The minimum atomic E-state index is -3.45. The molecule has 2 aromatic rings. The van der Waals surface area contributed by atoms with Gasteiger partial charge in [-0.15, -0.1) is 0 Å². The Morgan fingerprint density at radius 3 is 2.24 bits per heavy atom. The minimum Gasteiger partial charge on any atom is -0.475 e. The van der Waals surface area contributed by atoms with Gasteiger partial charge < -0.3 is 9.52 Å². The summed E-state index contributed by atoms with van der Waals surface area (Å²) in [6, 6.07) is 9.21. The molecule has 0 radical (unpaired) electrons. The van der Waals surface area contributed by atoms with E-state index < -0.39 is 16.0 Å². The molecule has 21 heavy (non-hydrogen) atoms. The van der Waals surface area contributed by atoms with Crippen LogP contribution in [0.5, 0.6) is 0 Å². The lowest BCUT2D eigenvalue weighted by molar-refractivity contribution is 0.0656. The van der Waals surface area contributed by atoms with Gasteiger partial charge in [-0.25, -0.2) is 17.5 Å². The molecule has 0 saturated heterocycles. The molecule has 0 atom stereocenters. The van der Waals surface area contributed by atoms with Gasteiger partial charge >= 0.3 is 5.97 Å². The first-order valence-electron chi connectivity index (χ1n) is 5.84. The SMILES string of the molecule is CN(C)S(=O)(=O)c1ccc(Sc2ccc(C(=O)O)o2)cc1. The van der Waals surface area contributed by atoms with Crippen LogP contribution >= 0.6 is 11.8 Å². The molecule has 1 N–H and O–H groups in total. The van der Waals surface area contributed by atoms with Crippen LogP contribution in [0.2, 0.25) is 0 Å². The fourth-order valence-electron chi connectivity index (χ4n) is 1.50. The smallest absolute Gasteiger partial charge is 0.371 e. The molecule has 0 fully saturated rings. The minimum absolute atomic E-state index is 0.135. The van der Waals surface area contributed by atoms with E-state index in [2.05, 4.69) is 0 Å². The van der Waals surface area contributed by atoms with E-state index in [9.17, 15) is 13.2 Å². The lowest BCUT2D eigenvalue weighted by Gasteiger charge is -2.11. The molecule has 8 heteroatoms. The summed E-state index contributed by atoms with van der Waals surface area (Å²) in [5.41, 5.74) is 0. The van der Waals surface area contributed by atoms with Crippen LogP contribution in [0.15, 0.2) is 55.7 Å². The molecule has 2 rings (SSSR count). The number of hydrogen-bond donors (Lipinski definition) is 1. The van der Waals surface area contributed by atoms with E-state index in [4.69, 9.17) is 9.52 Å². The van der Waals surface area contributed by atoms with Gasteiger partial charge in [0, 0.05) is 19.0 Å². The number of hydrogen-bond acceptors (Lipinski definition) is 5. The number of furan rings is 1. The fourth-order valence-corrected chi connectivity index (χ4v) is 3.17. The van der Waals surface area contributed by atoms with Crippen molar-refractivity contribution in [2.24, 2.45) is 0 Å². The first-order valence-corrected chi connectivity index (χ1v) is 8.10. The summed E-state index contributed by atoms with van der Waals surface area (Å²) in [4.78, 5) is 11.7. The highest BCUT2D eigenvalue weighted by Gasteiger charge is 2.17. The highest BCUT2D eigenvalue weighted by atomic mass is 32.2. The van der Waals surface area contributed by atoms with Crippen LogP contribution in [0, 0.1) is 0 Å². The predicted molar refractivity (Wildman–Crippen MR) is 77.1 cm³/mol. The number of carbonyl (C=O) groups is 1. The van der Waals surface area contributed by atoms with Crippen LogP contribution < -0.4 is 0 Å². The maximum atomic E-state index is 11.9. The summed E-state index contributed by atoms with van der Waals surface area (Å²) >= 11 is 1.22. The Labute approximate surface area is 126 Å². The number of nitrogens with zero attached hydrogens (tertiary/aromatic N) is 1. The van der Waals surface area contributed by atoms with Crippen molar-refractivity contribution in [2.75, 3.05) is 14.1 Å². The Morgan fingerprint density at radius 1 is 1.14 bits per heavy atom. The van der Waals surface area contributed by atoms with Gasteiger partial charge in [0.25, 0.3) is 0 Å². The van der Waals surface area contributed by atoms with Crippen LogP contribution in [0.25, 0.3) is 0 Å². The molecular formula is C13H13NO5S2. The number of rotatable bonds is 5. The van der Waals surface area contributed by atoms with Gasteiger partial charge in [-0.05, 0) is 36.4 Å². The maximum Gasteiger partial charge on any atom is 0.371 e. The summed E-state index contributed by atoms with van der Waals surface area (Å²) in [6.45, 7) is 0. The lowest BCUT2D eigenvalue weighted by atomic mass is 10.4. The molecule has 0 aliphatic rings. The average Bonchev–Trinajstić information content (AvgIpc) is 2.88. The fraction of sp³-hybridized carbons (Fsp3) is 0.154. The molecule has 1 aromatic heterocycles. The van der Waals surface area contributed by atoms with E-state index in [1.807, 2.05) is 0 Å². The summed E-state index contributed by atoms with van der Waals surface area (Å²) in [5.74, 6) is -1.27. The van der Waals surface area contributed by atoms with Gasteiger partial charge in [0.05, 0.1) is 4.90 Å². The Kier molecular flexibility index (Phi) is 4.40. The summed E-state index contributed by atoms with van der Waals surface area (Å²) in [5, 5.41) is 9.19. The van der Waals surface area contributed by atoms with Gasteiger partial charge in [0.1, 0.15) is 0 Å². The largest absolute Gasteiger partial charge is 0.475 e. The van der Waals surface area contributed by atoms with Crippen molar-refractivity contribution in [1.82, 2.24) is 4.31 Å². The zero-order chi connectivity index (χ0) is 15.6. The van der Waals surface area contributed by atoms with Crippen LogP contribution in [-0.2, 0) is 10.0 Å². The Hall–Kier alpha value is -1.77. The van der Waals surface area contributed by atoms with Crippen molar-refractivity contribution in [2.45, 2.75) is 14.9 Å². The highest BCUT2D eigenvalue weighted by Crippen LogP contribution is 2.30. The molecule has 0 amide bonds. The van der Waals surface area contributed by atoms with Crippen LogP contribution in [-0.4, -0.2) is 37.9 Å². The van der Waals surface area contributed by atoms with Crippen molar-refractivity contribution < 1.29 is 22.7 Å². The van der Waals surface area contributed by atoms with Crippen molar-refractivity contribution in [3.8, 4) is 0 Å². The van der Waals surface area contributed by atoms with Crippen molar-refractivity contribution >= 4 is 27.8 Å². The average molecular weight is 327 g/mol. The second-order valence-corrected chi connectivity index (χ2v) is 7.51. The Bertz CT molecular complexity index is 747. The van der Waals surface area contributed by atoms with Crippen molar-refractivity contribution in [3.63, 3.8) is 0 Å². The van der Waals surface area contributed by atoms with E-state index in [1.165, 1.54) is 44.1 Å². The lowest BCUT2D eigenvalue weighted by Crippen LogP contribution is -2.22. The van der Waals surface area contributed by atoms with E-state index >= 15 is 0 Å². The van der Waals surface area contributed by atoms with Gasteiger partial charge in [0.2, 0.25) is 15.8 Å². The Morgan fingerprint density at radius 2 is 1.76 bits per heavy atom. The van der Waals surface area contributed by atoms with Gasteiger partial charge in [0.15, 0.2) is 5.09 Å². The quantitative estimate of drug-likeness (QED) is 0.907. The normalized spacial score (nSPS) is 11.8. The third-order valence-corrected chi connectivity index (χ3v) is 5.37. The highest BCUT2D eigenvalue weighted by molar-refractivity contribution is 7.99. The van der Waals surface area contributed by atoms with Gasteiger partial charge in [-0.2, -0.15) is 0 Å². The van der Waals surface area contributed by atoms with E-state index in [-0.39, 0.29) is 10.7 Å². The zero-order valence-electron chi connectivity index (χ0n) is 11.3. The summed E-state index contributed by atoms with van der Waals surface area (Å²) in [7, 11) is -0.518. The standard InChI is InChI=1S/C13H13NO5S2/c1-14(2)21(17,18)10-5-3-9(4-6-10)20-12-8-7-11(19-12)13(15)16/h3-8H,1-2H3,(H,15,16). The van der Waals surface area contributed by atoms with Gasteiger partial charge in [-0.1, -0.05) is 11.8 Å². The first kappa shape index (κ1) is 15.6. The number of sulfonamides is 1. The predicted octanol–water partition coefficient (Wildman–Crippen LogP) is 2.38. The molecule has 0 bridgehead atoms. The molecule has 0 aliphatic carbocycles. The zero-order valence-corrected chi connectivity index (χ0v) is 12.9. The molecular weight excluding hydrogens is 314 g/mol. The van der Waals surface area contributed by atoms with Crippen LogP contribution in [0.4, 0.5) is 0 Å². The second kappa shape index (κ2) is 5.92. The van der Waals surface area contributed by atoms with E-state index in [1.54, 1.807) is 18.2 Å². The molecule has 0 spiro atoms. The molecule has 0 aliphatic heterocycles. The number of benzene rings is 1. The Balaban J connectivity index is 2.18. The number of carboxylic acid groups (broad SMARTS) is 1. The molecule has 0 unspecified atom stereocenters. The molecule has 1 heterocycles. The van der Waals surface area contributed by atoms with Crippen LogP contribution in [0.3, 0.4) is 0 Å². The maximum absolute atomic E-state index is 11.9. The number of carboxylic acids is 1. The van der Waals surface area contributed by atoms with Gasteiger partial charge in [-0.3, -0.25) is 0 Å². The molecule has 1 aromatic carbocycles.